The Kier molecular flexibility index (Phi) is 16.1. The summed E-state index contributed by atoms with van der Waals surface area (Å²) in [6.07, 6.45) is 1.54. The molecule has 4 amide bonds. The summed E-state index contributed by atoms with van der Waals surface area (Å²) in [4.78, 5) is 66.4. The third-order valence-electron chi connectivity index (χ3n) is 8.37. The molecule has 3 aromatic carbocycles. The summed E-state index contributed by atoms with van der Waals surface area (Å²) in [6.45, 7) is 3.81. The van der Waals surface area contributed by atoms with E-state index in [1.165, 1.54) is 12.1 Å². The molecule has 51 heavy (non-hydrogen) atoms. The second-order valence-electron chi connectivity index (χ2n) is 12.9. The topological polar surface area (TPSA) is 226 Å². The molecule has 3 rings (SSSR count). The largest absolute Gasteiger partial charge is 0.508 e. The molecule has 0 saturated carbocycles. The number of rotatable bonds is 20. The van der Waals surface area contributed by atoms with Gasteiger partial charge in [0.05, 0.1) is 6.04 Å². The Hall–Kier alpha value is -5.27. The van der Waals surface area contributed by atoms with E-state index in [-0.39, 0.29) is 31.4 Å². The molecule has 0 aromatic heterocycles. The maximum absolute atomic E-state index is 13.8. The highest BCUT2D eigenvalue weighted by molar-refractivity contribution is 5.95. The number of nitrogens with one attached hydrogen (secondary N) is 4. The normalized spacial score (nSPS) is 14.0. The highest BCUT2D eigenvalue weighted by Crippen LogP contribution is 2.14. The van der Waals surface area contributed by atoms with E-state index in [9.17, 15) is 34.2 Å². The highest BCUT2D eigenvalue weighted by Gasteiger charge is 2.33. The first-order valence-electron chi connectivity index (χ1n) is 17.1. The van der Waals surface area contributed by atoms with Gasteiger partial charge < -0.3 is 42.9 Å². The van der Waals surface area contributed by atoms with Crippen LogP contribution in [0.5, 0.6) is 5.75 Å². The number of phenolic OH excluding ortho intramolecular Hbond substituents is 1. The molecule has 0 radical (unpaired) electrons. The first-order valence-corrected chi connectivity index (χ1v) is 17.1. The fourth-order valence-electron chi connectivity index (χ4n) is 5.45. The van der Waals surface area contributed by atoms with Crippen molar-refractivity contribution in [2.75, 3.05) is 6.54 Å². The quantitative estimate of drug-likeness (QED) is 0.0799. The van der Waals surface area contributed by atoms with Gasteiger partial charge in [0, 0.05) is 12.8 Å². The number of amides is 4. The number of benzene rings is 3. The van der Waals surface area contributed by atoms with Crippen molar-refractivity contribution in [2.45, 2.75) is 82.6 Å². The van der Waals surface area contributed by atoms with Crippen LogP contribution in [-0.4, -0.2) is 76.6 Å². The number of aliphatic carboxylic acids is 1. The Labute approximate surface area is 298 Å². The molecule has 13 heteroatoms. The molecule has 0 spiro atoms. The van der Waals surface area contributed by atoms with Gasteiger partial charge in [-0.15, -0.1) is 0 Å². The zero-order valence-corrected chi connectivity index (χ0v) is 29.1. The van der Waals surface area contributed by atoms with Crippen molar-refractivity contribution in [1.82, 2.24) is 21.3 Å². The Balaban J connectivity index is 1.81. The number of carbonyl (C=O) groups is 5. The van der Waals surface area contributed by atoms with Crippen molar-refractivity contribution in [3.05, 3.63) is 102 Å². The second kappa shape index (κ2) is 20.4. The Morgan fingerprint density at radius 3 is 1.59 bits per heavy atom. The molecule has 0 heterocycles. The van der Waals surface area contributed by atoms with Gasteiger partial charge in [0.2, 0.25) is 23.6 Å². The van der Waals surface area contributed by atoms with Crippen LogP contribution in [0.25, 0.3) is 0 Å². The van der Waals surface area contributed by atoms with Crippen molar-refractivity contribution >= 4 is 29.6 Å². The van der Waals surface area contributed by atoms with Gasteiger partial charge in [0.1, 0.15) is 29.9 Å². The van der Waals surface area contributed by atoms with E-state index in [0.717, 1.165) is 11.1 Å². The molecule has 0 bridgehead atoms. The van der Waals surface area contributed by atoms with Crippen molar-refractivity contribution in [3.63, 3.8) is 0 Å². The second-order valence-corrected chi connectivity index (χ2v) is 12.9. The molecule has 0 aliphatic carbocycles. The van der Waals surface area contributed by atoms with Crippen molar-refractivity contribution < 1.29 is 34.2 Å². The summed E-state index contributed by atoms with van der Waals surface area (Å²) in [5, 5.41) is 30.2. The molecule has 5 atom stereocenters. The zero-order chi connectivity index (χ0) is 37.3. The van der Waals surface area contributed by atoms with Gasteiger partial charge in [0.25, 0.3) is 0 Å². The van der Waals surface area contributed by atoms with Gasteiger partial charge in [-0.05, 0) is 67.0 Å². The van der Waals surface area contributed by atoms with Gasteiger partial charge >= 0.3 is 5.97 Å². The molecule has 0 saturated heterocycles. The Morgan fingerprint density at radius 1 is 0.608 bits per heavy atom. The van der Waals surface area contributed by atoms with Crippen molar-refractivity contribution in [1.29, 1.82) is 0 Å². The number of carboxylic acid groups (broad SMARTS) is 1. The standard InChI is InChI=1S/C38H50N6O7/c1-24(2)33(37(49)43-31(23-27-16-18-28(45)19-17-27)35(47)41-30(38(50)51)15-9-10-20-39)44-36(48)32(22-26-13-7-4-8-14-26)42-34(46)29(40)21-25-11-5-3-6-12-25/h3-8,11-14,16-19,24,29-33,45H,9-10,15,20-23,39-40H2,1-2H3,(H,41,47)(H,42,46)(H,43,49)(H,44,48)(H,50,51). The maximum atomic E-state index is 13.8. The summed E-state index contributed by atoms with van der Waals surface area (Å²) >= 11 is 0. The lowest BCUT2D eigenvalue weighted by Gasteiger charge is -2.28. The fourth-order valence-corrected chi connectivity index (χ4v) is 5.45. The lowest BCUT2D eigenvalue weighted by atomic mass is 9.99. The van der Waals surface area contributed by atoms with Crippen molar-refractivity contribution in [3.8, 4) is 5.75 Å². The smallest absolute Gasteiger partial charge is 0.326 e. The van der Waals surface area contributed by atoms with E-state index in [4.69, 9.17) is 11.5 Å². The predicted octanol–water partition coefficient (Wildman–Crippen LogP) is 1.56. The summed E-state index contributed by atoms with van der Waals surface area (Å²) in [6, 6.07) is 18.8. The number of phenols is 1. The Morgan fingerprint density at radius 2 is 1.08 bits per heavy atom. The van der Waals surface area contributed by atoms with Crippen LogP contribution in [0.1, 0.15) is 49.8 Å². The number of hydrogen-bond donors (Lipinski definition) is 8. The van der Waals surface area contributed by atoms with E-state index in [1.54, 1.807) is 26.0 Å². The number of nitrogens with two attached hydrogens (primary N) is 2. The van der Waals surface area contributed by atoms with Crippen LogP contribution in [0.3, 0.4) is 0 Å². The first-order chi connectivity index (χ1) is 24.4. The average Bonchev–Trinajstić information content (AvgIpc) is 3.10. The SMILES string of the molecule is CC(C)C(NC(=O)C(Cc1ccccc1)NC(=O)C(N)Cc1ccccc1)C(=O)NC(Cc1ccc(O)cc1)C(=O)NC(CCCCN)C(=O)O. The third kappa shape index (κ3) is 13.5. The molecule has 10 N–H and O–H groups in total. The van der Waals surface area contributed by atoms with E-state index < -0.39 is 65.7 Å². The van der Waals surface area contributed by atoms with Gasteiger partial charge in [-0.25, -0.2) is 4.79 Å². The summed E-state index contributed by atoms with van der Waals surface area (Å²) in [7, 11) is 0. The number of unbranched alkanes of at least 4 members (excludes halogenated alkanes) is 1. The van der Waals surface area contributed by atoms with Gasteiger partial charge in [-0.1, -0.05) is 86.6 Å². The minimum absolute atomic E-state index is 0.00962. The van der Waals surface area contributed by atoms with Crippen LogP contribution in [0, 0.1) is 5.92 Å². The highest BCUT2D eigenvalue weighted by atomic mass is 16.4. The van der Waals surface area contributed by atoms with Gasteiger partial charge in [-0.3, -0.25) is 19.2 Å². The van der Waals surface area contributed by atoms with Crippen LogP contribution < -0.4 is 32.7 Å². The monoisotopic (exact) mass is 702 g/mol. The average molecular weight is 703 g/mol. The molecule has 13 nitrogen and oxygen atoms in total. The van der Waals surface area contributed by atoms with E-state index in [1.807, 2.05) is 60.7 Å². The van der Waals surface area contributed by atoms with E-state index in [0.29, 0.717) is 24.9 Å². The number of aromatic hydroxyl groups is 1. The molecular formula is C38H50N6O7. The van der Waals surface area contributed by atoms with Gasteiger partial charge in [0.15, 0.2) is 0 Å². The van der Waals surface area contributed by atoms with E-state index >= 15 is 0 Å². The Bertz CT molecular complexity index is 1570. The zero-order valence-electron chi connectivity index (χ0n) is 29.1. The van der Waals surface area contributed by atoms with Gasteiger partial charge in [-0.2, -0.15) is 0 Å². The maximum Gasteiger partial charge on any atom is 0.326 e. The molecule has 274 valence electrons. The minimum atomic E-state index is -1.23. The fraction of sp³-hybridized carbons (Fsp3) is 0.395. The lowest BCUT2D eigenvalue weighted by Crippen LogP contribution is -2.60. The van der Waals surface area contributed by atoms with Crippen LogP contribution in [0.15, 0.2) is 84.9 Å². The van der Waals surface area contributed by atoms with Crippen LogP contribution in [0.4, 0.5) is 0 Å². The number of carbonyl (C=O) groups excluding carboxylic acids is 4. The summed E-state index contributed by atoms with van der Waals surface area (Å²) in [5.74, 6) is -4.25. The molecule has 5 unspecified atom stereocenters. The first kappa shape index (κ1) is 40.2. The minimum Gasteiger partial charge on any atom is -0.508 e. The molecule has 0 aliphatic rings. The number of carboxylic acids is 1. The molecule has 0 fully saturated rings. The predicted molar refractivity (Wildman–Crippen MR) is 193 cm³/mol. The number of hydrogen-bond acceptors (Lipinski definition) is 8. The molecule has 3 aromatic rings. The third-order valence-corrected chi connectivity index (χ3v) is 8.37. The van der Waals surface area contributed by atoms with E-state index in [2.05, 4.69) is 21.3 Å². The van der Waals surface area contributed by atoms with Crippen LogP contribution in [-0.2, 0) is 43.2 Å². The van der Waals surface area contributed by atoms with Crippen LogP contribution >= 0.6 is 0 Å². The van der Waals surface area contributed by atoms with Crippen LogP contribution in [0.2, 0.25) is 0 Å². The summed E-state index contributed by atoms with van der Waals surface area (Å²) in [5.41, 5.74) is 14.0. The lowest BCUT2D eigenvalue weighted by molar-refractivity contribution is -0.142. The summed E-state index contributed by atoms with van der Waals surface area (Å²) < 4.78 is 0. The molecule has 0 aliphatic heterocycles. The molecular weight excluding hydrogens is 652 g/mol. The van der Waals surface area contributed by atoms with Crippen molar-refractivity contribution in [2.24, 2.45) is 17.4 Å².